The van der Waals surface area contributed by atoms with Gasteiger partial charge in [-0.1, -0.05) is 6.07 Å². The highest BCUT2D eigenvalue weighted by Gasteiger charge is 2.11. The highest BCUT2D eigenvalue weighted by atomic mass is 32.2. The van der Waals surface area contributed by atoms with Crippen molar-refractivity contribution in [1.82, 2.24) is 9.71 Å². The molecule has 0 saturated carbocycles. The largest absolute Gasteiger partial charge is 0.280 e. The van der Waals surface area contributed by atoms with Crippen LogP contribution in [-0.2, 0) is 9.71 Å². The number of aromatic nitrogens is 1. The van der Waals surface area contributed by atoms with Crippen LogP contribution in [0.2, 0.25) is 0 Å². The molecule has 1 N–H and O–H groups in total. The molecule has 0 amide bonds. The Morgan fingerprint density at radius 1 is 1.59 bits per heavy atom. The van der Waals surface area contributed by atoms with Crippen molar-refractivity contribution in [3.8, 4) is 6.19 Å². The summed E-state index contributed by atoms with van der Waals surface area (Å²) in [4.78, 5) is 3.96. The number of hydrogen-bond donors (Lipinski definition) is 1. The van der Waals surface area contributed by atoms with Crippen molar-refractivity contribution in [2.24, 2.45) is 0 Å². The summed E-state index contributed by atoms with van der Waals surface area (Å²) in [6, 6.07) is 2.58. The van der Waals surface area contributed by atoms with E-state index in [4.69, 9.17) is 5.26 Å². The Kier molecular flexibility index (Phi) is 4.02. The Morgan fingerprint density at radius 2 is 2.24 bits per heavy atom. The Labute approximate surface area is 98.4 Å². The topological polar surface area (TPSA) is 65.8 Å². The van der Waals surface area contributed by atoms with E-state index in [0.717, 1.165) is 0 Å². The van der Waals surface area contributed by atoms with Crippen LogP contribution < -0.4 is 4.72 Å². The van der Waals surface area contributed by atoms with Crippen molar-refractivity contribution in [2.75, 3.05) is 6.26 Å². The first-order valence-corrected chi connectivity index (χ1v) is 6.58. The van der Waals surface area contributed by atoms with Crippen LogP contribution in [0.5, 0.6) is 0 Å². The van der Waals surface area contributed by atoms with Crippen LogP contribution in [0, 0.1) is 11.5 Å². The molecule has 0 saturated heterocycles. The van der Waals surface area contributed by atoms with Gasteiger partial charge in [-0.2, -0.15) is 5.26 Å². The molecule has 0 aliphatic carbocycles. The molecule has 1 unspecified atom stereocenters. The van der Waals surface area contributed by atoms with Gasteiger partial charge in [-0.05, 0) is 13.0 Å². The number of halogens is 2. The molecule has 0 aliphatic rings. The lowest BCUT2D eigenvalue weighted by Crippen LogP contribution is -2.24. The first-order chi connectivity index (χ1) is 7.88. The second-order valence-electron chi connectivity index (χ2n) is 3.39. The smallest absolute Gasteiger partial charge is 0.255 e. The van der Waals surface area contributed by atoms with E-state index in [1.165, 1.54) is 24.6 Å². The Morgan fingerprint density at radius 3 is 2.65 bits per heavy atom. The van der Waals surface area contributed by atoms with Crippen LogP contribution in [-0.4, -0.2) is 20.3 Å². The highest BCUT2D eigenvalue weighted by molar-refractivity contribution is 8.00. The SMILES string of the molecule is CC(c1ccc(C(F)F)nc1)=S(C)(=O)NC#N. The van der Waals surface area contributed by atoms with Gasteiger partial charge in [0.05, 0.1) is 9.71 Å². The monoisotopic (exact) mass is 259 g/mol. The number of nitrogens with one attached hydrogen (secondary N) is 1. The number of nitrogens with zero attached hydrogens (tertiary/aromatic N) is 2. The fraction of sp³-hybridized carbons (Fsp3) is 0.300. The maximum atomic E-state index is 12.3. The average Bonchev–Trinajstić information content (AvgIpc) is 2.28. The fourth-order valence-corrected chi connectivity index (χ4v) is 2.03. The van der Waals surface area contributed by atoms with Gasteiger partial charge < -0.3 is 0 Å². The molecule has 1 atom stereocenters. The summed E-state index contributed by atoms with van der Waals surface area (Å²) >= 11 is 0. The lowest BCUT2D eigenvalue weighted by atomic mass is 10.2. The van der Waals surface area contributed by atoms with E-state index >= 15 is 0 Å². The van der Waals surface area contributed by atoms with Gasteiger partial charge in [0.15, 0.2) is 6.19 Å². The van der Waals surface area contributed by atoms with E-state index in [1.54, 1.807) is 13.1 Å². The minimum absolute atomic E-state index is 0.336. The lowest BCUT2D eigenvalue weighted by Gasteiger charge is -2.08. The molecule has 0 radical (unpaired) electrons. The van der Waals surface area contributed by atoms with Crippen LogP contribution in [0.1, 0.15) is 24.6 Å². The summed E-state index contributed by atoms with van der Waals surface area (Å²) in [5, 5.41) is 8.45. The Bertz CT molecular complexity index is 554. The van der Waals surface area contributed by atoms with E-state index in [2.05, 4.69) is 9.71 Å². The summed E-state index contributed by atoms with van der Waals surface area (Å²) in [5.74, 6) is 0. The van der Waals surface area contributed by atoms with E-state index < -0.39 is 16.1 Å². The standard InChI is InChI=1S/C10H11F2N3OS/c1-7(17(2,16)15-6-13)8-3-4-9(10(11)12)14-5-8/h3-5,10H,1-2H3,(H,15,16). The zero-order valence-corrected chi connectivity index (χ0v) is 10.1. The van der Waals surface area contributed by atoms with Crippen LogP contribution in [0.4, 0.5) is 8.78 Å². The first kappa shape index (κ1) is 13.4. The first-order valence-electron chi connectivity index (χ1n) is 4.61. The number of pyridine rings is 1. The highest BCUT2D eigenvalue weighted by Crippen LogP contribution is 2.16. The molecule has 0 aromatic carbocycles. The van der Waals surface area contributed by atoms with E-state index in [-0.39, 0.29) is 5.69 Å². The van der Waals surface area contributed by atoms with Gasteiger partial charge in [-0.15, -0.1) is 0 Å². The van der Waals surface area contributed by atoms with Crippen LogP contribution in [0.15, 0.2) is 18.3 Å². The van der Waals surface area contributed by atoms with Gasteiger partial charge >= 0.3 is 0 Å². The van der Waals surface area contributed by atoms with E-state index in [1.807, 2.05) is 0 Å². The Balaban J connectivity index is 3.19. The summed E-state index contributed by atoms with van der Waals surface area (Å²) in [6.45, 7) is 1.56. The van der Waals surface area contributed by atoms with E-state index in [0.29, 0.717) is 10.4 Å². The third kappa shape index (κ3) is 3.14. The second-order valence-corrected chi connectivity index (χ2v) is 5.89. The summed E-state index contributed by atoms with van der Waals surface area (Å²) in [6.07, 6.45) is 1.56. The lowest BCUT2D eigenvalue weighted by molar-refractivity contribution is 0.146. The molecule has 0 fully saturated rings. The molecule has 1 rings (SSSR count). The number of rotatable bonds is 3. The molecule has 0 aliphatic heterocycles. The zero-order valence-electron chi connectivity index (χ0n) is 9.28. The summed E-state index contributed by atoms with van der Waals surface area (Å²) < 4.78 is 38.7. The van der Waals surface area contributed by atoms with E-state index in [9.17, 15) is 13.0 Å². The molecular formula is C10H11F2N3OS. The van der Waals surface area contributed by atoms with Gasteiger partial charge in [0, 0.05) is 22.9 Å². The number of alkyl halides is 2. The van der Waals surface area contributed by atoms with Crippen molar-refractivity contribution >= 4 is 14.6 Å². The van der Waals surface area contributed by atoms with Crippen molar-refractivity contribution in [3.05, 3.63) is 29.6 Å². The van der Waals surface area contributed by atoms with Crippen LogP contribution in [0.3, 0.4) is 0 Å². The van der Waals surface area contributed by atoms with Crippen LogP contribution in [0.25, 0.3) is 0 Å². The van der Waals surface area contributed by atoms with Crippen molar-refractivity contribution in [3.63, 3.8) is 0 Å². The van der Waals surface area contributed by atoms with Gasteiger partial charge in [-0.3, -0.25) is 4.98 Å². The van der Waals surface area contributed by atoms with Gasteiger partial charge in [0.1, 0.15) is 5.69 Å². The predicted molar refractivity (Wildman–Crippen MR) is 61.8 cm³/mol. The maximum absolute atomic E-state index is 12.3. The number of nitriles is 1. The third-order valence-electron chi connectivity index (χ3n) is 2.24. The number of hydrogen-bond acceptors (Lipinski definition) is 3. The quantitative estimate of drug-likeness (QED) is 0.387. The molecule has 1 aromatic rings. The maximum Gasteiger partial charge on any atom is 0.280 e. The molecule has 7 heteroatoms. The van der Waals surface area contributed by atoms with Crippen molar-refractivity contribution in [2.45, 2.75) is 13.3 Å². The molecule has 17 heavy (non-hydrogen) atoms. The fourth-order valence-electron chi connectivity index (χ4n) is 1.13. The molecule has 4 nitrogen and oxygen atoms in total. The van der Waals surface area contributed by atoms with Gasteiger partial charge in [0.2, 0.25) is 0 Å². The summed E-state index contributed by atoms with van der Waals surface area (Å²) in [7, 11) is -2.67. The van der Waals surface area contributed by atoms with Gasteiger partial charge in [-0.25, -0.2) is 17.7 Å². The average molecular weight is 259 g/mol. The minimum atomic E-state index is -2.67. The normalized spacial score (nSPS) is 13.9. The van der Waals surface area contributed by atoms with Crippen LogP contribution >= 0.6 is 0 Å². The minimum Gasteiger partial charge on any atom is -0.255 e. The molecule has 0 spiro atoms. The second kappa shape index (κ2) is 5.10. The molecule has 0 bridgehead atoms. The van der Waals surface area contributed by atoms with Gasteiger partial charge in [0.25, 0.3) is 6.43 Å². The summed E-state index contributed by atoms with van der Waals surface area (Å²) in [5.41, 5.74) is 0.127. The van der Waals surface area contributed by atoms with Crippen molar-refractivity contribution < 1.29 is 13.0 Å². The third-order valence-corrected chi connectivity index (χ3v) is 4.13. The zero-order chi connectivity index (χ0) is 13.1. The molecule has 1 aromatic heterocycles. The van der Waals surface area contributed by atoms with Crippen molar-refractivity contribution in [1.29, 1.82) is 5.26 Å². The predicted octanol–water partition coefficient (Wildman–Crippen LogP) is 1.46. The molecule has 1 heterocycles. The Hall–Kier alpha value is -1.68. The molecule has 92 valence electrons. The molecular weight excluding hydrogens is 248 g/mol.